The van der Waals surface area contributed by atoms with E-state index in [0.717, 1.165) is 35.3 Å². The highest BCUT2D eigenvalue weighted by molar-refractivity contribution is 7.17. The van der Waals surface area contributed by atoms with Gasteiger partial charge in [0, 0.05) is 10.6 Å². The van der Waals surface area contributed by atoms with E-state index in [1.165, 1.54) is 11.3 Å². The lowest BCUT2D eigenvalue weighted by atomic mass is 9.82. The molecule has 0 radical (unpaired) electrons. The van der Waals surface area contributed by atoms with Crippen LogP contribution in [0.25, 0.3) is 0 Å². The SMILES string of the molecule is Cc1cccc(NC(=O)c2c(NC(=O)C3CC=CCC3C(=O)O)sc3c2CCC3)c1. The Bertz CT molecular complexity index is 1040. The second kappa shape index (κ2) is 8.44. The molecule has 0 saturated carbocycles. The molecule has 1 aromatic heterocycles. The number of aryl methyl sites for hydroxylation is 2. The summed E-state index contributed by atoms with van der Waals surface area (Å²) in [6.07, 6.45) is 7.08. The Morgan fingerprint density at radius 1 is 1.07 bits per heavy atom. The predicted octanol–water partition coefficient (Wildman–Crippen LogP) is 4.40. The van der Waals surface area contributed by atoms with Gasteiger partial charge in [0.1, 0.15) is 5.00 Å². The Labute approximate surface area is 179 Å². The van der Waals surface area contributed by atoms with Gasteiger partial charge in [-0.05, 0) is 62.3 Å². The van der Waals surface area contributed by atoms with Crippen LogP contribution in [0.1, 0.15) is 45.6 Å². The molecule has 0 fully saturated rings. The number of hydrogen-bond acceptors (Lipinski definition) is 4. The summed E-state index contributed by atoms with van der Waals surface area (Å²) in [5.41, 5.74) is 3.26. The molecule has 2 atom stereocenters. The van der Waals surface area contributed by atoms with Crippen LogP contribution in [0.15, 0.2) is 36.4 Å². The van der Waals surface area contributed by atoms with Crippen molar-refractivity contribution >= 4 is 39.8 Å². The molecule has 156 valence electrons. The number of benzene rings is 1. The fourth-order valence-corrected chi connectivity index (χ4v) is 5.52. The van der Waals surface area contributed by atoms with E-state index in [9.17, 15) is 19.5 Å². The second-order valence-corrected chi connectivity index (χ2v) is 8.97. The lowest BCUT2D eigenvalue weighted by Crippen LogP contribution is -2.35. The molecule has 0 bridgehead atoms. The number of fused-ring (bicyclic) bond motifs is 1. The number of carboxylic acid groups (broad SMARTS) is 1. The largest absolute Gasteiger partial charge is 0.481 e. The Balaban J connectivity index is 1.60. The molecular weight excluding hydrogens is 400 g/mol. The number of carboxylic acids is 1. The third kappa shape index (κ3) is 4.03. The van der Waals surface area contributed by atoms with E-state index in [1.807, 2.05) is 43.3 Å². The van der Waals surface area contributed by atoms with Crippen LogP contribution < -0.4 is 10.6 Å². The third-order valence-corrected chi connectivity index (χ3v) is 6.95. The molecule has 7 heteroatoms. The predicted molar refractivity (Wildman–Crippen MR) is 117 cm³/mol. The van der Waals surface area contributed by atoms with Crippen LogP contribution in [0, 0.1) is 18.8 Å². The van der Waals surface area contributed by atoms with Gasteiger partial charge in [0.25, 0.3) is 5.91 Å². The third-order valence-electron chi connectivity index (χ3n) is 5.75. The van der Waals surface area contributed by atoms with E-state index in [1.54, 1.807) is 0 Å². The van der Waals surface area contributed by atoms with E-state index in [-0.39, 0.29) is 11.8 Å². The standard InChI is InChI=1S/C23H24N2O4S/c1-13-6-4-7-14(12-13)24-21(27)19-17-10-5-11-18(17)30-22(19)25-20(26)15-8-2-3-9-16(15)23(28)29/h2-4,6-7,12,15-16H,5,8-11H2,1H3,(H,24,27)(H,25,26)(H,28,29). The molecule has 0 spiro atoms. The number of amides is 2. The summed E-state index contributed by atoms with van der Waals surface area (Å²) in [6.45, 7) is 1.96. The van der Waals surface area contributed by atoms with Gasteiger partial charge in [-0.2, -0.15) is 0 Å². The van der Waals surface area contributed by atoms with Gasteiger partial charge in [0.15, 0.2) is 0 Å². The maximum atomic E-state index is 13.1. The fourth-order valence-electron chi connectivity index (χ4n) is 4.23. The first kappa shape index (κ1) is 20.3. The number of thiophene rings is 1. The number of allylic oxidation sites excluding steroid dienone is 2. The van der Waals surface area contributed by atoms with Crippen LogP contribution in [0.3, 0.4) is 0 Å². The van der Waals surface area contributed by atoms with Gasteiger partial charge in [-0.1, -0.05) is 24.3 Å². The molecule has 0 aliphatic heterocycles. The molecule has 30 heavy (non-hydrogen) atoms. The van der Waals surface area contributed by atoms with Gasteiger partial charge in [0.2, 0.25) is 5.91 Å². The van der Waals surface area contributed by atoms with Crippen LogP contribution in [0.4, 0.5) is 10.7 Å². The lowest BCUT2D eigenvalue weighted by molar-refractivity contribution is -0.146. The average Bonchev–Trinajstić information content (AvgIpc) is 3.28. The summed E-state index contributed by atoms with van der Waals surface area (Å²) < 4.78 is 0. The van der Waals surface area contributed by atoms with Crippen molar-refractivity contribution in [1.82, 2.24) is 0 Å². The molecule has 2 unspecified atom stereocenters. The normalized spacial score (nSPS) is 19.9. The number of carbonyl (C=O) groups is 3. The smallest absolute Gasteiger partial charge is 0.307 e. The van der Waals surface area contributed by atoms with Crippen LogP contribution >= 0.6 is 11.3 Å². The van der Waals surface area contributed by atoms with Crippen molar-refractivity contribution < 1.29 is 19.5 Å². The zero-order valence-electron chi connectivity index (χ0n) is 16.7. The van der Waals surface area contributed by atoms with Crippen molar-refractivity contribution in [3.05, 3.63) is 58.0 Å². The minimum Gasteiger partial charge on any atom is -0.481 e. The van der Waals surface area contributed by atoms with Crippen molar-refractivity contribution in [1.29, 1.82) is 0 Å². The first-order valence-corrected chi connectivity index (χ1v) is 11.0. The van der Waals surface area contributed by atoms with Crippen molar-refractivity contribution in [2.75, 3.05) is 10.6 Å². The molecule has 0 saturated heterocycles. The molecule has 1 heterocycles. The highest BCUT2D eigenvalue weighted by Crippen LogP contribution is 2.40. The summed E-state index contributed by atoms with van der Waals surface area (Å²) >= 11 is 1.43. The number of rotatable bonds is 5. The molecule has 2 aliphatic carbocycles. The zero-order chi connectivity index (χ0) is 21.3. The van der Waals surface area contributed by atoms with Crippen LogP contribution in [0.5, 0.6) is 0 Å². The van der Waals surface area contributed by atoms with Crippen molar-refractivity contribution in [3.63, 3.8) is 0 Å². The molecule has 6 nitrogen and oxygen atoms in total. The minimum absolute atomic E-state index is 0.242. The Morgan fingerprint density at radius 2 is 1.83 bits per heavy atom. The first-order valence-electron chi connectivity index (χ1n) is 10.1. The summed E-state index contributed by atoms with van der Waals surface area (Å²) in [6, 6.07) is 7.57. The van der Waals surface area contributed by atoms with Crippen molar-refractivity contribution in [2.45, 2.75) is 39.0 Å². The van der Waals surface area contributed by atoms with Crippen molar-refractivity contribution in [3.8, 4) is 0 Å². The Hall–Kier alpha value is -2.93. The summed E-state index contributed by atoms with van der Waals surface area (Å²) in [5, 5.41) is 15.8. The van der Waals surface area contributed by atoms with E-state index < -0.39 is 17.8 Å². The van der Waals surface area contributed by atoms with Crippen molar-refractivity contribution in [2.24, 2.45) is 11.8 Å². The molecule has 3 N–H and O–H groups in total. The summed E-state index contributed by atoms with van der Waals surface area (Å²) in [5.74, 6) is -2.93. The summed E-state index contributed by atoms with van der Waals surface area (Å²) in [4.78, 5) is 38.8. The van der Waals surface area contributed by atoms with Gasteiger partial charge in [0.05, 0.1) is 17.4 Å². The van der Waals surface area contributed by atoms with Crippen LogP contribution in [0.2, 0.25) is 0 Å². The molecular formula is C23H24N2O4S. The number of anilines is 2. The van der Waals surface area contributed by atoms with Gasteiger partial charge in [-0.25, -0.2) is 0 Å². The molecule has 2 aromatic rings. The number of hydrogen-bond donors (Lipinski definition) is 3. The zero-order valence-corrected chi connectivity index (χ0v) is 17.6. The van der Waals surface area contributed by atoms with Gasteiger partial charge in [-0.3, -0.25) is 14.4 Å². The van der Waals surface area contributed by atoms with Gasteiger partial charge < -0.3 is 15.7 Å². The van der Waals surface area contributed by atoms with E-state index in [2.05, 4.69) is 10.6 Å². The topological polar surface area (TPSA) is 95.5 Å². The highest BCUT2D eigenvalue weighted by atomic mass is 32.1. The van der Waals surface area contributed by atoms with Gasteiger partial charge in [-0.15, -0.1) is 11.3 Å². The summed E-state index contributed by atoms with van der Waals surface area (Å²) in [7, 11) is 0. The number of carbonyl (C=O) groups excluding carboxylic acids is 2. The highest BCUT2D eigenvalue weighted by Gasteiger charge is 2.35. The Morgan fingerprint density at radius 3 is 2.57 bits per heavy atom. The van der Waals surface area contributed by atoms with E-state index in [4.69, 9.17) is 0 Å². The Kier molecular flexibility index (Phi) is 5.72. The fraction of sp³-hybridized carbons (Fsp3) is 0.348. The average molecular weight is 425 g/mol. The molecule has 2 amide bonds. The maximum Gasteiger partial charge on any atom is 0.307 e. The molecule has 4 rings (SSSR count). The molecule has 2 aliphatic rings. The maximum absolute atomic E-state index is 13.1. The van der Waals surface area contributed by atoms with Crippen LogP contribution in [-0.4, -0.2) is 22.9 Å². The number of nitrogens with one attached hydrogen (secondary N) is 2. The van der Waals surface area contributed by atoms with E-state index >= 15 is 0 Å². The van der Waals surface area contributed by atoms with Gasteiger partial charge >= 0.3 is 5.97 Å². The van der Waals surface area contributed by atoms with E-state index in [0.29, 0.717) is 29.1 Å². The number of aliphatic carboxylic acids is 1. The second-order valence-electron chi connectivity index (χ2n) is 7.87. The minimum atomic E-state index is -0.967. The lowest BCUT2D eigenvalue weighted by Gasteiger charge is -2.24. The quantitative estimate of drug-likeness (QED) is 0.620. The molecule has 1 aromatic carbocycles. The monoisotopic (exact) mass is 424 g/mol. The van der Waals surface area contributed by atoms with Crippen LogP contribution in [-0.2, 0) is 22.4 Å². The first-order chi connectivity index (χ1) is 14.4.